The normalized spacial score (nSPS) is 13.1. The van der Waals surface area contributed by atoms with Crippen molar-refractivity contribution in [2.75, 3.05) is 0 Å². The maximum Gasteiger partial charge on any atom is 0.434 e. The maximum atomic E-state index is 13.1. The van der Waals surface area contributed by atoms with Crippen molar-refractivity contribution in [3.8, 4) is 0 Å². The van der Waals surface area contributed by atoms with E-state index in [0.717, 1.165) is 5.56 Å². The third-order valence-electron chi connectivity index (χ3n) is 3.23. The quantitative estimate of drug-likeness (QED) is 0.616. The first-order valence-electron chi connectivity index (χ1n) is 6.81. The lowest BCUT2D eigenvalue weighted by Crippen LogP contribution is -2.30. The SMILES string of the molecule is CCC(Br)c1nc(C(F)(F)F)c(Br)c(=O)n1Cc1ccccc1. The van der Waals surface area contributed by atoms with E-state index in [2.05, 4.69) is 36.8 Å². The average molecular weight is 454 g/mol. The molecule has 124 valence electrons. The number of hydrogen-bond donors (Lipinski definition) is 0. The Bertz CT molecular complexity index is 745. The molecule has 0 saturated heterocycles. The van der Waals surface area contributed by atoms with Crippen molar-refractivity contribution in [3.05, 3.63) is 62.2 Å². The first-order chi connectivity index (χ1) is 10.8. The van der Waals surface area contributed by atoms with Gasteiger partial charge in [0.1, 0.15) is 10.3 Å². The van der Waals surface area contributed by atoms with Crippen LogP contribution in [0.2, 0.25) is 0 Å². The van der Waals surface area contributed by atoms with Gasteiger partial charge in [-0.2, -0.15) is 13.2 Å². The summed E-state index contributed by atoms with van der Waals surface area (Å²) in [6.07, 6.45) is -4.20. The fourth-order valence-electron chi connectivity index (χ4n) is 2.08. The van der Waals surface area contributed by atoms with Crippen molar-refractivity contribution in [1.29, 1.82) is 0 Å². The maximum absolute atomic E-state index is 13.1. The molecule has 0 saturated carbocycles. The van der Waals surface area contributed by atoms with Crippen LogP contribution in [-0.4, -0.2) is 9.55 Å². The van der Waals surface area contributed by atoms with Crippen LogP contribution in [0.5, 0.6) is 0 Å². The lowest BCUT2D eigenvalue weighted by atomic mass is 10.2. The Morgan fingerprint density at radius 1 is 1.26 bits per heavy atom. The molecule has 1 unspecified atom stereocenters. The molecule has 1 aromatic carbocycles. The number of halogens is 5. The van der Waals surface area contributed by atoms with Crippen LogP contribution in [0.25, 0.3) is 0 Å². The van der Waals surface area contributed by atoms with Crippen LogP contribution >= 0.6 is 31.9 Å². The Morgan fingerprint density at radius 3 is 2.39 bits per heavy atom. The molecule has 1 atom stereocenters. The van der Waals surface area contributed by atoms with Gasteiger partial charge in [0.15, 0.2) is 5.69 Å². The molecule has 2 rings (SSSR count). The van der Waals surface area contributed by atoms with E-state index in [9.17, 15) is 18.0 Å². The van der Waals surface area contributed by atoms with E-state index in [1.165, 1.54) is 4.57 Å². The molecular formula is C15H13Br2F3N2O. The van der Waals surface area contributed by atoms with Gasteiger partial charge < -0.3 is 0 Å². The predicted octanol–water partition coefficient (Wildman–Crippen LogP) is 4.92. The molecule has 0 aliphatic carbocycles. The Hall–Kier alpha value is -1.15. The molecule has 8 heteroatoms. The zero-order chi connectivity index (χ0) is 17.2. The predicted molar refractivity (Wildman–Crippen MR) is 88.7 cm³/mol. The summed E-state index contributed by atoms with van der Waals surface area (Å²) in [5, 5.41) is 0. The molecule has 0 radical (unpaired) electrons. The molecule has 0 spiro atoms. The van der Waals surface area contributed by atoms with E-state index in [1.807, 2.05) is 6.07 Å². The van der Waals surface area contributed by atoms with Crippen LogP contribution in [0.1, 0.15) is 35.3 Å². The van der Waals surface area contributed by atoms with Crippen LogP contribution in [0.15, 0.2) is 39.6 Å². The van der Waals surface area contributed by atoms with Gasteiger partial charge >= 0.3 is 6.18 Å². The van der Waals surface area contributed by atoms with Gasteiger partial charge in [0.2, 0.25) is 0 Å². The summed E-state index contributed by atoms with van der Waals surface area (Å²) in [6.45, 7) is 1.95. The van der Waals surface area contributed by atoms with Crippen molar-refractivity contribution < 1.29 is 13.2 Å². The van der Waals surface area contributed by atoms with Gasteiger partial charge in [0, 0.05) is 0 Å². The van der Waals surface area contributed by atoms with Gasteiger partial charge in [0.05, 0.1) is 11.4 Å². The number of alkyl halides is 4. The van der Waals surface area contributed by atoms with Gasteiger partial charge in [-0.05, 0) is 27.9 Å². The van der Waals surface area contributed by atoms with E-state index in [-0.39, 0.29) is 12.4 Å². The first-order valence-corrected chi connectivity index (χ1v) is 8.52. The lowest BCUT2D eigenvalue weighted by molar-refractivity contribution is -0.142. The molecule has 0 N–H and O–H groups in total. The van der Waals surface area contributed by atoms with Gasteiger partial charge in [0.25, 0.3) is 5.56 Å². The van der Waals surface area contributed by atoms with Gasteiger partial charge in [-0.25, -0.2) is 4.98 Å². The van der Waals surface area contributed by atoms with Crippen LogP contribution in [0.4, 0.5) is 13.2 Å². The van der Waals surface area contributed by atoms with Crippen molar-refractivity contribution in [2.45, 2.75) is 30.9 Å². The molecule has 0 bridgehead atoms. The highest BCUT2D eigenvalue weighted by atomic mass is 79.9. The highest BCUT2D eigenvalue weighted by molar-refractivity contribution is 9.10. The fourth-order valence-corrected chi connectivity index (χ4v) is 2.95. The summed E-state index contributed by atoms with van der Waals surface area (Å²) in [4.78, 5) is 15.7. The van der Waals surface area contributed by atoms with Crippen LogP contribution in [0.3, 0.4) is 0 Å². The number of aromatic nitrogens is 2. The number of benzene rings is 1. The molecule has 1 aromatic heterocycles. The van der Waals surface area contributed by atoms with Crippen molar-refractivity contribution >= 4 is 31.9 Å². The standard InChI is InChI=1S/C15H13Br2F3N2O/c1-2-10(16)13-21-12(15(18,19)20)11(17)14(23)22(13)8-9-6-4-3-5-7-9/h3-7,10H,2,8H2,1H3. The van der Waals surface area contributed by atoms with Crippen LogP contribution in [-0.2, 0) is 12.7 Å². The van der Waals surface area contributed by atoms with Crippen molar-refractivity contribution in [1.82, 2.24) is 9.55 Å². The minimum atomic E-state index is -4.70. The Balaban J connectivity index is 2.65. The van der Waals surface area contributed by atoms with E-state index in [1.54, 1.807) is 31.2 Å². The van der Waals surface area contributed by atoms with Gasteiger partial charge in [-0.15, -0.1) is 0 Å². The van der Waals surface area contributed by atoms with Crippen molar-refractivity contribution in [3.63, 3.8) is 0 Å². The summed E-state index contributed by atoms with van der Waals surface area (Å²) >= 11 is 6.06. The number of nitrogens with zero attached hydrogens (tertiary/aromatic N) is 2. The van der Waals surface area contributed by atoms with Crippen molar-refractivity contribution in [2.24, 2.45) is 0 Å². The molecule has 2 aromatic rings. The molecule has 0 aliphatic heterocycles. The average Bonchev–Trinajstić information content (AvgIpc) is 2.51. The summed E-state index contributed by atoms with van der Waals surface area (Å²) in [5.41, 5.74) is -1.14. The van der Waals surface area contributed by atoms with Crippen LogP contribution < -0.4 is 5.56 Å². The lowest BCUT2D eigenvalue weighted by Gasteiger charge is -2.19. The second-order valence-corrected chi connectivity index (χ2v) is 6.78. The van der Waals surface area contributed by atoms with Gasteiger partial charge in [-0.3, -0.25) is 9.36 Å². The fraction of sp³-hybridized carbons (Fsp3) is 0.333. The third kappa shape index (κ3) is 4.03. The second-order valence-electron chi connectivity index (χ2n) is 4.88. The largest absolute Gasteiger partial charge is 0.434 e. The molecule has 1 heterocycles. The highest BCUT2D eigenvalue weighted by Crippen LogP contribution is 2.34. The summed E-state index contributed by atoms with van der Waals surface area (Å²) < 4.78 is 39.9. The molecular weight excluding hydrogens is 441 g/mol. The van der Waals surface area contributed by atoms with E-state index in [4.69, 9.17) is 0 Å². The summed E-state index contributed by atoms with van der Waals surface area (Å²) in [6, 6.07) is 9.04. The number of rotatable bonds is 4. The van der Waals surface area contributed by atoms with E-state index in [0.29, 0.717) is 6.42 Å². The topological polar surface area (TPSA) is 34.9 Å². The Labute approximate surface area is 147 Å². The number of hydrogen-bond acceptors (Lipinski definition) is 2. The first kappa shape index (κ1) is 18.2. The zero-order valence-electron chi connectivity index (χ0n) is 12.1. The molecule has 3 nitrogen and oxygen atoms in total. The van der Waals surface area contributed by atoms with Crippen LogP contribution in [0, 0.1) is 0 Å². The highest BCUT2D eigenvalue weighted by Gasteiger charge is 2.38. The monoisotopic (exact) mass is 452 g/mol. The Kier molecular flexibility index (Phi) is 5.67. The molecule has 0 fully saturated rings. The third-order valence-corrected chi connectivity index (χ3v) is 5.01. The van der Waals surface area contributed by atoms with Gasteiger partial charge in [-0.1, -0.05) is 53.2 Å². The molecule has 0 amide bonds. The minimum Gasteiger partial charge on any atom is -0.290 e. The molecule has 0 aliphatic rings. The Morgan fingerprint density at radius 2 is 1.87 bits per heavy atom. The smallest absolute Gasteiger partial charge is 0.290 e. The summed E-state index contributed by atoms with van der Waals surface area (Å²) in [5.74, 6) is 0.0666. The van der Waals surface area contributed by atoms with E-state index >= 15 is 0 Å². The van der Waals surface area contributed by atoms with E-state index < -0.39 is 26.7 Å². The zero-order valence-corrected chi connectivity index (χ0v) is 15.2. The molecule has 23 heavy (non-hydrogen) atoms. The summed E-state index contributed by atoms with van der Waals surface area (Å²) in [7, 11) is 0. The second kappa shape index (κ2) is 7.17. The minimum absolute atomic E-state index is 0.0666.